The van der Waals surface area contributed by atoms with Crippen LogP contribution in [0.25, 0.3) is 0 Å². The molecule has 2 heterocycles. The van der Waals surface area contributed by atoms with Crippen molar-refractivity contribution in [2.24, 2.45) is 5.92 Å². The Morgan fingerprint density at radius 2 is 1.84 bits per heavy atom. The maximum absolute atomic E-state index is 12.9. The molecular formula is C20H21N3O7S. The molecule has 0 atom stereocenters. The maximum atomic E-state index is 12.9. The first-order valence-electron chi connectivity index (χ1n) is 9.71. The van der Waals surface area contributed by atoms with Gasteiger partial charge < -0.3 is 14.8 Å². The van der Waals surface area contributed by atoms with Crippen molar-refractivity contribution in [3.05, 3.63) is 52.1 Å². The molecule has 1 saturated heterocycles. The zero-order valence-corrected chi connectivity index (χ0v) is 17.6. The lowest BCUT2D eigenvalue weighted by Crippen LogP contribution is -2.41. The number of nitro groups is 1. The third-order valence-corrected chi connectivity index (χ3v) is 7.37. The molecule has 0 saturated carbocycles. The fourth-order valence-corrected chi connectivity index (χ4v) is 5.16. The standard InChI is InChI=1S/C20H21N3O7S/c1-13-2-4-16(11-17(13)23(25)26)31(27,28)22-8-6-14(7-9-22)20(24)21-15-3-5-18-19(10-15)30-12-29-18/h2-5,10-11,14H,6-9,12H2,1H3,(H,21,24). The van der Waals surface area contributed by atoms with Gasteiger partial charge in [-0.25, -0.2) is 8.42 Å². The Labute approximate surface area is 179 Å². The van der Waals surface area contributed by atoms with Gasteiger partial charge in [-0.3, -0.25) is 14.9 Å². The van der Waals surface area contributed by atoms with Gasteiger partial charge in [0.1, 0.15) is 0 Å². The molecule has 31 heavy (non-hydrogen) atoms. The van der Waals surface area contributed by atoms with E-state index in [2.05, 4.69) is 5.32 Å². The first-order valence-corrected chi connectivity index (χ1v) is 11.2. The number of piperidine rings is 1. The van der Waals surface area contributed by atoms with E-state index in [-0.39, 0.29) is 42.3 Å². The Bertz CT molecular complexity index is 1140. The zero-order valence-electron chi connectivity index (χ0n) is 16.7. The molecule has 2 aliphatic heterocycles. The number of fused-ring (bicyclic) bond motifs is 1. The van der Waals surface area contributed by atoms with Gasteiger partial charge in [0.25, 0.3) is 5.69 Å². The largest absolute Gasteiger partial charge is 0.454 e. The number of rotatable bonds is 5. The number of hydrogen-bond donors (Lipinski definition) is 1. The van der Waals surface area contributed by atoms with E-state index in [0.29, 0.717) is 35.6 Å². The van der Waals surface area contributed by atoms with Crippen molar-refractivity contribution in [2.45, 2.75) is 24.7 Å². The highest BCUT2D eigenvalue weighted by atomic mass is 32.2. The molecule has 10 nitrogen and oxygen atoms in total. The number of hydrogen-bond acceptors (Lipinski definition) is 7. The van der Waals surface area contributed by atoms with Crippen LogP contribution in [0.4, 0.5) is 11.4 Å². The molecule has 0 unspecified atom stereocenters. The third kappa shape index (κ3) is 4.19. The van der Waals surface area contributed by atoms with E-state index in [9.17, 15) is 23.3 Å². The minimum absolute atomic E-state index is 0.118. The van der Waals surface area contributed by atoms with E-state index >= 15 is 0 Å². The van der Waals surface area contributed by atoms with Crippen LogP contribution < -0.4 is 14.8 Å². The van der Waals surface area contributed by atoms with Gasteiger partial charge in [-0.1, -0.05) is 6.07 Å². The molecule has 0 radical (unpaired) electrons. The van der Waals surface area contributed by atoms with Crippen molar-refractivity contribution in [3.63, 3.8) is 0 Å². The maximum Gasteiger partial charge on any atom is 0.273 e. The average molecular weight is 447 g/mol. The van der Waals surface area contributed by atoms with Gasteiger partial charge in [-0.15, -0.1) is 0 Å². The van der Waals surface area contributed by atoms with E-state index in [1.165, 1.54) is 16.4 Å². The van der Waals surface area contributed by atoms with Gasteiger partial charge in [-0.2, -0.15) is 4.31 Å². The number of nitrogens with one attached hydrogen (secondary N) is 1. The predicted molar refractivity (Wildman–Crippen MR) is 111 cm³/mol. The Morgan fingerprint density at radius 1 is 1.13 bits per heavy atom. The summed E-state index contributed by atoms with van der Waals surface area (Å²) in [5.74, 6) is 0.643. The van der Waals surface area contributed by atoms with Crippen LogP contribution >= 0.6 is 0 Å². The predicted octanol–water partition coefficient (Wildman–Crippen LogP) is 2.67. The van der Waals surface area contributed by atoms with Gasteiger partial charge in [0.05, 0.1) is 9.82 Å². The van der Waals surface area contributed by atoms with Crippen molar-refractivity contribution in [3.8, 4) is 11.5 Å². The molecule has 0 spiro atoms. The number of nitrogens with zero attached hydrogens (tertiary/aromatic N) is 2. The van der Waals surface area contributed by atoms with Crippen molar-refractivity contribution < 1.29 is 27.6 Å². The molecule has 4 rings (SSSR count). The van der Waals surface area contributed by atoms with Crippen LogP contribution in [0.2, 0.25) is 0 Å². The lowest BCUT2D eigenvalue weighted by Gasteiger charge is -2.30. The summed E-state index contributed by atoms with van der Waals surface area (Å²) in [6.45, 7) is 2.01. The van der Waals surface area contributed by atoms with Gasteiger partial charge in [0.15, 0.2) is 11.5 Å². The van der Waals surface area contributed by atoms with Gasteiger partial charge in [-0.05, 0) is 38.0 Å². The zero-order chi connectivity index (χ0) is 22.2. The minimum Gasteiger partial charge on any atom is -0.454 e. The van der Waals surface area contributed by atoms with E-state index in [4.69, 9.17) is 9.47 Å². The van der Waals surface area contributed by atoms with E-state index in [1.54, 1.807) is 25.1 Å². The fraction of sp³-hybridized carbons (Fsp3) is 0.350. The molecule has 2 aromatic rings. The van der Waals surface area contributed by atoms with Crippen molar-refractivity contribution >= 4 is 27.3 Å². The van der Waals surface area contributed by atoms with Crippen LogP contribution in [-0.4, -0.2) is 43.4 Å². The number of aryl methyl sites for hydroxylation is 1. The summed E-state index contributed by atoms with van der Waals surface area (Å²) in [7, 11) is -3.88. The van der Waals surface area contributed by atoms with Crippen molar-refractivity contribution in [1.82, 2.24) is 4.31 Å². The highest BCUT2D eigenvalue weighted by Crippen LogP contribution is 2.35. The molecule has 164 valence electrons. The van der Waals surface area contributed by atoms with Crippen LogP contribution in [0.15, 0.2) is 41.3 Å². The van der Waals surface area contributed by atoms with Crippen LogP contribution in [0.3, 0.4) is 0 Å². The molecule has 2 aliphatic rings. The summed E-state index contributed by atoms with van der Waals surface area (Å²) in [6.07, 6.45) is 0.702. The summed E-state index contributed by atoms with van der Waals surface area (Å²) < 4.78 is 37.7. The Morgan fingerprint density at radius 3 is 2.55 bits per heavy atom. The fourth-order valence-electron chi connectivity index (χ4n) is 3.67. The lowest BCUT2D eigenvalue weighted by atomic mass is 9.97. The van der Waals surface area contributed by atoms with E-state index in [0.717, 1.165) is 6.07 Å². The topological polar surface area (TPSA) is 128 Å². The lowest BCUT2D eigenvalue weighted by molar-refractivity contribution is -0.385. The molecule has 11 heteroatoms. The Hall–Kier alpha value is -3.18. The van der Waals surface area contributed by atoms with Gasteiger partial charge in [0, 0.05) is 42.4 Å². The summed E-state index contributed by atoms with van der Waals surface area (Å²) in [5, 5.41) is 14.0. The molecule has 0 aromatic heterocycles. The summed E-state index contributed by atoms with van der Waals surface area (Å²) in [4.78, 5) is 23.1. The van der Waals surface area contributed by atoms with Crippen LogP contribution in [0.5, 0.6) is 11.5 Å². The van der Waals surface area contributed by atoms with Crippen LogP contribution in [0, 0.1) is 23.0 Å². The second-order valence-electron chi connectivity index (χ2n) is 7.44. The van der Waals surface area contributed by atoms with E-state index in [1.807, 2.05) is 0 Å². The third-order valence-electron chi connectivity index (χ3n) is 5.48. The SMILES string of the molecule is Cc1ccc(S(=O)(=O)N2CCC(C(=O)Nc3ccc4c(c3)OCO4)CC2)cc1[N+](=O)[O-]. The number of anilines is 1. The molecule has 1 fully saturated rings. The number of carbonyl (C=O) groups is 1. The molecule has 1 N–H and O–H groups in total. The first kappa shape index (κ1) is 21.1. The van der Waals surface area contributed by atoms with Crippen LogP contribution in [-0.2, 0) is 14.8 Å². The number of amides is 1. The number of nitro benzene ring substituents is 1. The number of ether oxygens (including phenoxy) is 2. The monoisotopic (exact) mass is 447 g/mol. The van der Waals surface area contributed by atoms with Gasteiger partial charge in [0.2, 0.25) is 22.7 Å². The molecule has 1 amide bonds. The second kappa shape index (κ2) is 8.16. The summed E-state index contributed by atoms with van der Waals surface area (Å²) in [6, 6.07) is 9.00. The summed E-state index contributed by atoms with van der Waals surface area (Å²) >= 11 is 0. The molecule has 0 bridgehead atoms. The second-order valence-corrected chi connectivity index (χ2v) is 9.38. The molecule has 2 aromatic carbocycles. The Kier molecular flexibility index (Phi) is 5.54. The summed E-state index contributed by atoms with van der Waals surface area (Å²) in [5.41, 5.74) is 0.734. The number of sulfonamides is 1. The van der Waals surface area contributed by atoms with E-state index < -0.39 is 14.9 Å². The van der Waals surface area contributed by atoms with Gasteiger partial charge >= 0.3 is 0 Å². The highest BCUT2D eigenvalue weighted by Gasteiger charge is 2.33. The number of benzene rings is 2. The van der Waals surface area contributed by atoms with Crippen molar-refractivity contribution in [1.29, 1.82) is 0 Å². The normalized spacial score (nSPS) is 16.8. The van der Waals surface area contributed by atoms with Crippen LogP contribution in [0.1, 0.15) is 18.4 Å². The minimum atomic E-state index is -3.88. The highest BCUT2D eigenvalue weighted by molar-refractivity contribution is 7.89. The first-order chi connectivity index (χ1) is 14.8. The smallest absolute Gasteiger partial charge is 0.273 e. The Balaban J connectivity index is 1.40. The average Bonchev–Trinajstić information content (AvgIpc) is 3.21. The molecule has 0 aliphatic carbocycles. The quantitative estimate of drug-likeness (QED) is 0.551. The van der Waals surface area contributed by atoms with Crippen molar-refractivity contribution in [2.75, 3.05) is 25.2 Å². The number of carbonyl (C=O) groups excluding carboxylic acids is 1. The molecular weight excluding hydrogens is 426 g/mol.